The second-order valence-corrected chi connectivity index (χ2v) is 4.96. The average molecular weight is 268 g/mol. The number of nitrogens with zero attached hydrogens (tertiary/aromatic N) is 1. The van der Waals surface area contributed by atoms with E-state index < -0.39 is 0 Å². The molecule has 0 radical (unpaired) electrons. The van der Waals surface area contributed by atoms with Crippen molar-refractivity contribution >= 4 is 16.5 Å². The number of para-hydroxylation sites is 1. The zero-order valence-electron chi connectivity index (χ0n) is 10.1. The Kier molecular flexibility index (Phi) is 3.16. The summed E-state index contributed by atoms with van der Waals surface area (Å²) < 4.78 is 5.86. The molecule has 0 atom stereocenters. The molecule has 0 unspecified atom stereocenters. The second kappa shape index (κ2) is 5.12. The number of nitrogens with two attached hydrogens (primary N) is 1. The lowest BCUT2D eigenvalue weighted by Gasteiger charge is -2.04. The fourth-order valence-electron chi connectivity index (χ4n) is 1.77. The molecule has 2 aromatic carbocycles. The lowest BCUT2D eigenvalue weighted by atomic mass is 10.2. The minimum atomic E-state index is 0.504. The fraction of sp³-hybridized carbons (Fsp3) is 0. The maximum atomic E-state index is 5.86. The highest BCUT2D eigenvalue weighted by Crippen LogP contribution is 2.39. The minimum absolute atomic E-state index is 0.504. The molecule has 0 spiro atoms. The minimum Gasteiger partial charge on any atom is -0.444 e. The van der Waals surface area contributed by atoms with Gasteiger partial charge in [-0.25, -0.2) is 4.98 Å². The van der Waals surface area contributed by atoms with Crippen LogP contribution in [-0.4, -0.2) is 4.98 Å². The molecular weight excluding hydrogens is 256 g/mol. The van der Waals surface area contributed by atoms with Crippen LogP contribution in [0.4, 0.5) is 5.13 Å². The summed E-state index contributed by atoms with van der Waals surface area (Å²) in [7, 11) is 0. The van der Waals surface area contributed by atoms with Gasteiger partial charge in [-0.3, -0.25) is 0 Å². The first-order valence-electron chi connectivity index (χ1n) is 5.87. The number of rotatable bonds is 3. The van der Waals surface area contributed by atoms with E-state index in [1.54, 1.807) is 0 Å². The molecule has 0 bridgehead atoms. The summed E-state index contributed by atoms with van der Waals surface area (Å²) in [4.78, 5) is 4.35. The quantitative estimate of drug-likeness (QED) is 0.775. The highest BCUT2D eigenvalue weighted by atomic mass is 32.1. The standard InChI is InChI=1S/C15H12N2OS/c16-15-17-13(11-7-3-1-4-8-11)14(19-15)18-12-9-5-2-6-10-12/h1-10H,(H2,16,17). The van der Waals surface area contributed by atoms with E-state index in [-0.39, 0.29) is 0 Å². The van der Waals surface area contributed by atoms with Crippen LogP contribution in [0.25, 0.3) is 11.3 Å². The van der Waals surface area contributed by atoms with Gasteiger partial charge >= 0.3 is 0 Å². The first-order chi connectivity index (χ1) is 9.33. The van der Waals surface area contributed by atoms with Crippen LogP contribution in [0.5, 0.6) is 10.8 Å². The summed E-state index contributed by atoms with van der Waals surface area (Å²) in [6, 6.07) is 19.5. The molecule has 0 aliphatic heterocycles. The van der Waals surface area contributed by atoms with E-state index in [0.29, 0.717) is 5.13 Å². The van der Waals surface area contributed by atoms with Crippen LogP contribution >= 0.6 is 11.3 Å². The number of aromatic nitrogens is 1. The fourth-order valence-corrected chi connectivity index (χ4v) is 2.49. The van der Waals surface area contributed by atoms with Crippen molar-refractivity contribution in [2.75, 3.05) is 5.73 Å². The van der Waals surface area contributed by atoms with Crippen molar-refractivity contribution in [3.05, 3.63) is 60.7 Å². The van der Waals surface area contributed by atoms with Crippen molar-refractivity contribution in [2.24, 2.45) is 0 Å². The highest BCUT2D eigenvalue weighted by Gasteiger charge is 2.13. The van der Waals surface area contributed by atoms with Crippen LogP contribution in [0.3, 0.4) is 0 Å². The summed E-state index contributed by atoms with van der Waals surface area (Å²) in [5.74, 6) is 0.781. The number of hydrogen-bond acceptors (Lipinski definition) is 4. The number of benzene rings is 2. The van der Waals surface area contributed by atoms with Crippen LogP contribution in [-0.2, 0) is 0 Å². The van der Waals surface area contributed by atoms with E-state index in [4.69, 9.17) is 10.5 Å². The molecule has 3 nitrogen and oxygen atoms in total. The van der Waals surface area contributed by atoms with Crippen molar-refractivity contribution in [1.29, 1.82) is 0 Å². The van der Waals surface area contributed by atoms with Crippen molar-refractivity contribution in [3.63, 3.8) is 0 Å². The average Bonchev–Trinajstić information content (AvgIpc) is 2.82. The molecule has 0 aliphatic carbocycles. The third-order valence-corrected chi connectivity index (χ3v) is 3.38. The van der Waals surface area contributed by atoms with Gasteiger partial charge in [0.15, 0.2) is 5.13 Å². The molecule has 3 aromatic rings. The molecule has 0 aliphatic rings. The molecule has 0 saturated carbocycles. The molecule has 0 fully saturated rings. The Hall–Kier alpha value is -2.33. The van der Waals surface area contributed by atoms with E-state index >= 15 is 0 Å². The predicted molar refractivity (Wildman–Crippen MR) is 78.5 cm³/mol. The molecule has 94 valence electrons. The van der Waals surface area contributed by atoms with Crippen LogP contribution in [0.2, 0.25) is 0 Å². The number of ether oxygens (including phenoxy) is 1. The summed E-state index contributed by atoms with van der Waals surface area (Å²) in [5.41, 5.74) is 7.58. The Bertz CT molecular complexity index is 665. The maximum absolute atomic E-state index is 5.86. The molecule has 1 aromatic heterocycles. The number of anilines is 1. The first kappa shape index (κ1) is 11.7. The number of hydrogen-bond donors (Lipinski definition) is 1. The van der Waals surface area contributed by atoms with Gasteiger partial charge in [-0.2, -0.15) is 0 Å². The van der Waals surface area contributed by atoms with Gasteiger partial charge in [0.2, 0.25) is 5.06 Å². The van der Waals surface area contributed by atoms with Gasteiger partial charge in [-0.15, -0.1) is 0 Å². The molecular formula is C15H12N2OS. The highest BCUT2D eigenvalue weighted by molar-refractivity contribution is 7.17. The van der Waals surface area contributed by atoms with Gasteiger partial charge in [0.1, 0.15) is 11.4 Å². The predicted octanol–water partition coefficient (Wildman–Crippen LogP) is 4.18. The third-order valence-electron chi connectivity index (χ3n) is 2.61. The first-order valence-corrected chi connectivity index (χ1v) is 6.69. The zero-order valence-corrected chi connectivity index (χ0v) is 10.9. The summed E-state index contributed by atoms with van der Waals surface area (Å²) in [6.45, 7) is 0. The Morgan fingerprint density at radius 2 is 1.53 bits per heavy atom. The molecule has 0 saturated heterocycles. The van der Waals surface area contributed by atoms with E-state index in [1.165, 1.54) is 11.3 Å². The van der Waals surface area contributed by atoms with E-state index in [9.17, 15) is 0 Å². The van der Waals surface area contributed by atoms with Crippen LogP contribution in [0.1, 0.15) is 0 Å². The molecule has 19 heavy (non-hydrogen) atoms. The van der Waals surface area contributed by atoms with Gasteiger partial charge in [0.25, 0.3) is 0 Å². The van der Waals surface area contributed by atoms with Crippen molar-refractivity contribution in [3.8, 4) is 22.1 Å². The van der Waals surface area contributed by atoms with E-state index in [1.807, 2.05) is 60.7 Å². The van der Waals surface area contributed by atoms with Gasteiger partial charge in [0.05, 0.1) is 0 Å². The molecule has 0 amide bonds. The lowest BCUT2D eigenvalue weighted by molar-refractivity contribution is 0.497. The Balaban J connectivity index is 1.99. The van der Waals surface area contributed by atoms with Crippen LogP contribution in [0.15, 0.2) is 60.7 Å². The molecule has 1 heterocycles. The zero-order chi connectivity index (χ0) is 13.1. The summed E-state index contributed by atoms with van der Waals surface area (Å²) in [5, 5.41) is 1.22. The molecule has 2 N–H and O–H groups in total. The maximum Gasteiger partial charge on any atom is 0.210 e. The normalized spacial score (nSPS) is 10.3. The van der Waals surface area contributed by atoms with Crippen molar-refractivity contribution in [2.45, 2.75) is 0 Å². The van der Waals surface area contributed by atoms with Crippen LogP contribution in [0, 0.1) is 0 Å². The third kappa shape index (κ3) is 2.58. The van der Waals surface area contributed by atoms with Crippen LogP contribution < -0.4 is 10.5 Å². The van der Waals surface area contributed by atoms with Gasteiger partial charge in [-0.05, 0) is 12.1 Å². The number of thiazole rings is 1. The summed E-state index contributed by atoms with van der Waals surface area (Å²) in [6.07, 6.45) is 0. The largest absolute Gasteiger partial charge is 0.444 e. The van der Waals surface area contributed by atoms with Gasteiger partial charge in [0, 0.05) is 5.56 Å². The van der Waals surface area contributed by atoms with E-state index in [2.05, 4.69) is 4.98 Å². The Morgan fingerprint density at radius 1 is 0.895 bits per heavy atom. The van der Waals surface area contributed by atoms with Crippen molar-refractivity contribution in [1.82, 2.24) is 4.98 Å². The monoisotopic (exact) mass is 268 g/mol. The van der Waals surface area contributed by atoms with Crippen molar-refractivity contribution < 1.29 is 4.74 Å². The van der Waals surface area contributed by atoms with E-state index in [0.717, 1.165) is 22.1 Å². The molecule has 4 heteroatoms. The van der Waals surface area contributed by atoms with Gasteiger partial charge < -0.3 is 10.5 Å². The smallest absolute Gasteiger partial charge is 0.210 e. The lowest BCUT2D eigenvalue weighted by Crippen LogP contribution is -1.85. The topological polar surface area (TPSA) is 48.1 Å². The van der Waals surface area contributed by atoms with Gasteiger partial charge in [-0.1, -0.05) is 59.9 Å². The Morgan fingerprint density at radius 3 is 2.21 bits per heavy atom. The molecule has 3 rings (SSSR count). The Labute approximate surface area is 115 Å². The summed E-state index contributed by atoms with van der Waals surface area (Å²) >= 11 is 1.35. The number of nitrogen functional groups attached to an aromatic ring is 1. The SMILES string of the molecule is Nc1nc(-c2ccccc2)c(Oc2ccccc2)s1. The second-order valence-electron chi connectivity index (χ2n) is 3.97.